The number of rotatable bonds is 8. The molecule has 0 saturated heterocycles. The number of nitrogens with two attached hydrogens (primary N) is 1. The van der Waals surface area contributed by atoms with Crippen LogP contribution in [0, 0.1) is 12.7 Å². The molecule has 9 heteroatoms. The van der Waals surface area contributed by atoms with Crippen molar-refractivity contribution in [2.45, 2.75) is 31.6 Å². The minimum atomic E-state index is -4.25. The average Bonchev–Trinajstić information content (AvgIpc) is 2.44. The number of amides is 1. The topological polar surface area (TPSA) is 118 Å². The molecule has 128 valence electrons. The number of hydrogen-bond acceptors (Lipinski definition) is 4. The van der Waals surface area contributed by atoms with Crippen molar-refractivity contribution in [2.75, 3.05) is 13.1 Å². The number of carbonyl (C=O) groups excluding carboxylic acids is 1. The Morgan fingerprint density at radius 1 is 1.35 bits per heavy atom. The van der Waals surface area contributed by atoms with Crippen LogP contribution >= 0.6 is 0 Å². The molecule has 0 aromatic heterocycles. The minimum Gasteiger partial charge on any atom is -0.478 e. The van der Waals surface area contributed by atoms with Crippen LogP contribution in [0.15, 0.2) is 17.0 Å². The van der Waals surface area contributed by atoms with Crippen molar-refractivity contribution in [2.24, 2.45) is 5.73 Å². The van der Waals surface area contributed by atoms with Crippen LogP contribution in [-0.2, 0) is 14.8 Å². The lowest BCUT2D eigenvalue weighted by Gasteiger charge is -2.22. The molecule has 0 spiro atoms. The predicted molar refractivity (Wildman–Crippen MR) is 81.0 cm³/mol. The van der Waals surface area contributed by atoms with Crippen LogP contribution < -0.4 is 5.73 Å². The number of unbranched alkanes of at least 4 members (excludes halogenated alkanes) is 1. The summed E-state index contributed by atoms with van der Waals surface area (Å²) in [5.41, 5.74) is 4.53. The van der Waals surface area contributed by atoms with Crippen LogP contribution in [0.2, 0.25) is 0 Å². The maximum absolute atomic E-state index is 13.6. The second kappa shape index (κ2) is 7.51. The van der Waals surface area contributed by atoms with E-state index in [1.165, 1.54) is 6.92 Å². The van der Waals surface area contributed by atoms with E-state index in [0.29, 0.717) is 12.8 Å². The van der Waals surface area contributed by atoms with Crippen molar-refractivity contribution in [1.82, 2.24) is 4.31 Å². The number of carboxylic acids is 1. The standard InChI is InChI=1S/C14H19FN2O5S/c1-3-4-5-17(8-13(16)18)23(21,22)12-7-10(15)6-11(9(12)2)14(19)20/h6-7H,3-5,8H2,1-2H3,(H2,16,18)(H,19,20). The molecule has 0 aliphatic carbocycles. The smallest absolute Gasteiger partial charge is 0.336 e. The lowest BCUT2D eigenvalue weighted by molar-refractivity contribution is -0.118. The van der Waals surface area contributed by atoms with E-state index in [-0.39, 0.29) is 12.1 Å². The Bertz CT molecular complexity index is 718. The van der Waals surface area contributed by atoms with E-state index in [0.717, 1.165) is 16.4 Å². The van der Waals surface area contributed by atoms with Gasteiger partial charge in [-0.05, 0) is 31.0 Å². The Hall–Kier alpha value is -2.00. The van der Waals surface area contributed by atoms with Gasteiger partial charge in [0.25, 0.3) is 0 Å². The summed E-state index contributed by atoms with van der Waals surface area (Å²) in [6.45, 7) is 2.59. The number of halogens is 1. The van der Waals surface area contributed by atoms with Gasteiger partial charge in [0.1, 0.15) is 5.82 Å². The van der Waals surface area contributed by atoms with E-state index < -0.39 is 44.7 Å². The number of carboxylic acid groups (broad SMARTS) is 1. The molecule has 0 fully saturated rings. The van der Waals surface area contributed by atoms with Gasteiger partial charge in [-0.25, -0.2) is 17.6 Å². The fraction of sp³-hybridized carbons (Fsp3) is 0.429. The molecule has 0 aliphatic heterocycles. The largest absolute Gasteiger partial charge is 0.478 e. The first-order valence-corrected chi connectivity index (χ1v) is 8.37. The van der Waals surface area contributed by atoms with Crippen LogP contribution in [0.1, 0.15) is 35.7 Å². The molecule has 0 unspecified atom stereocenters. The van der Waals surface area contributed by atoms with Crippen LogP contribution in [0.25, 0.3) is 0 Å². The van der Waals surface area contributed by atoms with Crippen LogP contribution in [-0.4, -0.2) is 42.8 Å². The molecule has 0 atom stereocenters. The first-order valence-electron chi connectivity index (χ1n) is 6.93. The Kier molecular flexibility index (Phi) is 6.22. The highest BCUT2D eigenvalue weighted by molar-refractivity contribution is 7.89. The van der Waals surface area contributed by atoms with Gasteiger partial charge < -0.3 is 10.8 Å². The normalized spacial score (nSPS) is 11.7. The SMILES string of the molecule is CCCCN(CC(N)=O)S(=O)(=O)c1cc(F)cc(C(=O)O)c1C. The van der Waals surface area contributed by atoms with E-state index >= 15 is 0 Å². The number of carbonyl (C=O) groups is 2. The van der Waals surface area contributed by atoms with Crippen molar-refractivity contribution in [1.29, 1.82) is 0 Å². The quantitative estimate of drug-likeness (QED) is 0.731. The Morgan fingerprint density at radius 2 is 1.96 bits per heavy atom. The second-order valence-corrected chi connectivity index (χ2v) is 6.95. The summed E-state index contributed by atoms with van der Waals surface area (Å²) < 4.78 is 39.8. The summed E-state index contributed by atoms with van der Waals surface area (Å²) in [4.78, 5) is 21.8. The van der Waals surface area contributed by atoms with Gasteiger partial charge in [-0.1, -0.05) is 13.3 Å². The van der Waals surface area contributed by atoms with Gasteiger partial charge in [0.05, 0.1) is 17.0 Å². The molecule has 0 bridgehead atoms. The van der Waals surface area contributed by atoms with Crippen molar-refractivity contribution in [3.05, 3.63) is 29.1 Å². The summed E-state index contributed by atoms with van der Waals surface area (Å²) in [5, 5.41) is 9.06. The summed E-state index contributed by atoms with van der Waals surface area (Å²) in [5.74, 6) is -3.27. The number of primary amides is 1. The van der Waals surface area contributed by atoms with E-state index in [4.69, 9.17) is 10.8 Å². The fourth-order valence-corrected chi connectivity index (χ4v) is 3.78. The zero-order valence-electron chi connectivity index (χ0n) is 12.9. The highest BCUT2D eigenvalue weighted by Crippen LogP contribution is 2.24. The summed E-state index contributed by atoms with van der Waals surface area (Å²) in [6, 6.07) is 1.50. The monoisotopic (exact) mass is 346 g/mol. The molecule has 23 heavy (non-hydrogen) atoms. The van der Waals surface area contributed by atoms with Crippen LogP contribution in [0.5, 0.6) is 0 Å². The van der Waals surface area contributed by atoms with Gasteiger partial charge in [0.2, 0.25) is 15.9 Å². The lowest BCUT2D eigenvalue weighted by Crippen LogP contribution is -2.39. The van der Waals surface area contributed by atoms with Crippen molar-refractivity contribution >= 4 is 21.9 Å². The van der Waals surface area contributed by atoms with Gasteiger partial charge in [0.15, 0.2) is 0 Å². The minimum absolute atomic E-state index is 0.0279. The summed E-state index contributed by atoms with van der Waals surface area (Å²) in [7, 11) is -4.25. The molecule has 1 amide bonds. The van der Waals surface area contributed by atoms with Crippen LogP contribution in [0.4, 0.5) is 4.39 Å². The number of aromatic carboxylic acids is 1. The van der Waals surface area contributed by atoms with E-state index in [2.05, 4.69) is 0 Å². The number of sulfonamides is 1. The third-order valence-corrected chi connectivity index (χ3v) is 5.24. The molecule has 1 aromatic carbocycles. The van der Waals surface area contributed by atoms with Crippen LogP contribution in [0.3, 0.4) is 0 Å². The molecule has 1 aromatic rings. The Labute approximate surface area is 133 Å². The molecule has 0 aliphatic rings. The molecule has 3 N–H and O–H groups in total. The number of benzene rings is 1. The van der Waals surface area contributed by atoms with Crippen molar-refractivity contribution in [3.63, 3.8) is 0 Å². The van der Waals surface area contributed by atoms with Gasteiger partial charge in [-0.15, -0.1) is 0 Å². The van der Waals surface area contributed by atoms with E-state index in [1.54, 1.807) is 0 Å². The molecule has 0 radical (unpaired) electrons. The first-order chi connectivity index (χ1) is 10.6. The van der Waals surface area contributed by atoms with Gasteiger partial charge in [-0.2, -0.15) is 4.31 Å². The van der Waals surface area contributed by atoms with Gasteiger partial charge in [-0.3, -0.25) is 4.79 Å². The zero-order chi connectivity index (χ0) is 17.8. The number of hydrogen-bond donors (Lipinski definition) is 2. The molecule has 0 heterocycles. The lowest BCUT2D eigenvalue weighted by atomic mass is 10.1. The Balaban J connectivity index is 3.44. The molecule has 7 nitrogen and oxygen atoms in total. The Morgan fingerprint density at radius 3 is 2.43 bits per heavy atom. The zero-order valence-corrected chi connectivity index (χ0v) is 13.7. The summed E-state index contributed by atoms with van der Waals surface area (Å²) in [6.07, 6.45) is 1.15. The highest BCUT2D eigenvalue weighted by atomic mass is 32.2. The average molecular weight is 346 g/mol. The van der Waals surface area contributed by atoms with Crippen molar-refractivity contribution < 1.29 is 27.5 Å². The maximum Gasteiger partial charge on any atom is 0.336 e. The maximum atomic E-state index is 13.6. The third kappa shape index (κ3) is 4.49. The molecular formula is C14H19FN2O5S. The first kappa shape index (κ1) is 19.0. The second-order valence-electron chi connectivity index (χ2n) is 5.04. The summed E-state index contributed by atoms with van der Waals surface area (Å²) >= 11 is 0. The predicted octanol–water partition coefficient (Wildman–Crippen LogP) is 1.11. The van der Waals surface area contributed by atoms with Gasteiger partial charge in [0, 0.05) is 6.54 Å². The fourth-order valence-electron chi connectivity index (χ4n) is 2.08. The van der Waals surface area contributed by atoms with E-state index in [1.807, 2.05) is 6.92 Å². The van der Waals surface area contributed by atoms with Gasteiger partial charge >= 0.3 is 5.97 Å². The highest BCUT2D eigenvalue weighted by Gasteiger charge is 2.29. The molecule has 1 rings (SSSR count). The molecular weight excluding hydrogens is 327 g/mol. The third-order valence-electron chi connectivity index (χ3n) is 3.27. The number of nitrogens with zero attached hydrogens (tertiary/aromatic N) is 1. The van der Waals surface area contributed by atoms with Crippen molar-refractivity contribution in [3.8, 4) is 0 Å². The molecule has 0 saturated carbocycles. The van der Waals surface area contributed by atoms with E-state index in [9.17, 15) is 22.4 Å².